The topological polar surface area (TPSA) is 27.1 Å². The molecule has 0 saturated heterocycles. The Morgan fingerprint density at radius 2 is 1.50 bits per heavy atom. The molecule has 0 bridgehead atoms. The van der Waals surface area contributed by atoms with Crippen LogP contribution in [-0.4, -0.2) is 16.2 Å². The van der Waals surface area contributed by atoms with Crippen LogP contribution in [0.2, 0.25) is 0 Å². The van der Waals surface area contributed by atoms with Crippen molar-refractivity contribution >= 4 is 11.0 Å². The molecule has 0 aliphatic heterocycles. The Kier molecular flexibility index (Phi) is 5.43. The number of unbranched alkanes of at least 4 members (excludes halogenated alkanes) is 1. The zero-order valence-corrected chi connectivity index (χ0v) is 16.6. The van der Waals surface area contributed by atoms with E-state index in [-0.39, 0.29) is 0 Å². The highest BCUT2D eigenvalue weighted by Gasteiger charge is 2.13. The van der Waals surface area contributed by atoms with E-state index in [0.29, 0.717) is 0 Å². The van der Waals surface area contributed by atoms with Gasteiger partial charge in [-0.05, 0) is 56.0 Å². The Labute approximate surface area is 166 Å². The molecule has 0 amide bonds. The Morgan fingerprint density at radius 1 is 0.786 bits per heavy atom. The number of benzene rings is 3. The predicted molar refractivity (Wildman–Crippen MR) is 116 cm³/mol. The van der Waals surface area contributed by atoms with Crippen LogP contribution >= 0.6 is 0 Å². The number of rotatable bonds is 7. The van der Waals surface area contributed by atoms with E-state index in [1.165, 1.54) is 22.2 Å². The van der Waals surface area contributed by atoms with Gasteiger partial charge in [0.25, 0.3) is 0 Å². The largest absolute Gasteiger partial charge is 0.493 e. The van der Waals surface area contributed by atoms with Gasteiger partial charge in [0.2, 0.25) is 0 Å². The zero-order valence-electron chi connectivity index (χ0n) is 16.6. The Balaban J connectivity index is 1.49. The molecule has 28 heavy (non-hydrogen) atoms. The molecule has 1 heterocycles. The quantitative estimate of drug-likeness (QED) is 0.363. The molecule has 0 aliphatic rings. The summed E-state index contributed by atoms with van der Waals surface area (Å²) in [7, 11) is 0. The summed E-state index contributed by atoms with van der Waals surface area (Å²) in [5.41, 5.74) is 5.89. The summed E-state index contributed by atoms with van der Waals surface area (Å²) in [6.07, 6.45) is 2.05. The van der Waals surface area contributed by atoms with Crippen LogP contribution in [0.1, 0.15) is 24.0 Å². The monoisotopic (exact) mass is 370 g/mol. The number of ether oxygens (including phenoxy) is 1. The first kappa shape index (κ1) is 18.3. The van der Waals surface area contributed by atoms with Gasteiger partial charge in [-0.3, -0.25) is 0 Å². The minimum Gasteiger partial charge on any atom is -0.493 e. The van der Waals surface area contributed by atoms with Crippen LogP contribution in [0.3, 0.4) is 0 Å². The highest BCUT2D eigenvalue weighted by Crippen LogP contribution is 2.27. The first-order chi connectivity index (χ1) is 13.7. The number of aryl methyl sites for hydroxylation is 3. The van der Waals surface area contributed by atoms with Gasteiger partial charge in [-0.15, -0.1) is 0 Å². The van der Waals surface area contributed by atoms with Crippen molar-refractivity contribution < 1.29 is 4.74 Å². The second-order valence-electron chi connectivity index (χ2n) is 7.21. The minimum absolute atomic E-state index is 0.733. The number of hydrogen-bond acceptors (Lipinski definition) is 2. The van der Waals surface area contributed by atoms with Crippen molar-refractivity contribution in [3.8, 4) is 17.1 Å². The summed E-state index contributed by atoms with van der Waals surface area (Å²) >= 11 is 0. The third-order valence-corrected chi connectivity index (χ3v) is 5.17. The van der Waals surface area contributed by atoms with Crippen LogP contribution in [0.25, 0.3) is 22.4 Å². The molecule has 0 spiro atoms. The molecule has 3 heteroatoms. The SMILES string of the molecule is Cc1ccccc1OCCCCn1c(-c2ccccc2C)nc2ccccc21. The average molecular weight is 370 g/mol. The van der Waals surface area contributed by atoms with E-state index < -0.39 is 0 Å². The molecule has 4 aromatic rings. The van der Waals surface area contributed by atoms with Gasteiger partial charge in [0.05, 0.1) is 17.6 Å². The van der Waals surface area contributed by atoms with Crippen molar-refractivity contribution in [1.29, 1.82) is 0 Å². The Hall–Kier alpha value is -3.07. The van der Waals surface area contributed by atoms with Gasteiger partial charge >= 0.3 is 0 Å². The third-order valence-electron chi connectivity index (χ3n) is 5.17. The summed E-state index contributed by atoms with van der Waals surface area (Å²) in [5, 5.41) is 0. The summed E-state index contributed by atoms with van der Waals surface area (Å²) < 4.78 is 8.31. The second kappa shape index (κ2) is 8.30. The van der Waals surface area contributed by atoms with Crippen LogP contribution in [0, 0.1) is 13.8 Å². The van der Waals surface area contributed by atoms with E-state index in [9.17, 15) is 0 Å². The standard InChI is InChI=1S/C25H26N2O/c1-19-11-3-5-13-21(19)25-26-22-14-6-7-15-23(22)27(25)17-9-10-18-28-24-16-8-4-12-20(24)2/h3-8,11-16H,9-10,17-18H2,1-2H3. The third kappa shape index (κ3) is 3.79. The number of imidazole rings is 1. The smallest absolute Gasteiger partial charge is 0.141 e. The number of nitrogens with zero attached hydrogens (tertiary/aromatic N) is 2. The van der Waals surface area contributed by atoms with Crippen molar-refractivity contribution in [3.63, 3.8) is 0 Å². The van der Waals surface area contributed by atoms with Crippen molar-refractivity contribution in [3.05, 3.63) is 83.9 Å². The summed E-state index contributed by atoms with van der Waals surface area (Å²) in [6, 6.07) is 25.0. The molecule has 0 saturated carbocycles. The van der Waals surface area contributed by atoms with Gasteiger partial charge in [0, 0.05) is 12.1 Å². The van der Waals surface area contributed by atoms with E-state index in [2.05, 4.69) is 73.0 Å². The first-order valence-electron chi connectivity index (χ1n) is 9.94. The van der Waals surface area contributed by atoms with Crippen LogP contribution in [0.4, 0.5) is 0 Å². The van der Waals surface area contributed by atoms with E-state index in [1.807, 2.05) is 18.2 Å². The van der Waals surface area contributed by atoms with Crippen molar-refractivity contribution in [1.82, 2.24) is 9.55 Å². The molecule has 0 unspecified atom stereocenters. The summed E-state index contributed by atoms with van der Waals surface area (Å²) in [6.45, 7) is 5.90. The summed E-state index contributed by atoms with van der Waals surface area (Å²) in [5.74, 6) is 2.04. The number of para-hydroxylation sites is 3. The highest BCUT2D eigenvalue weighted by molar-refractivity contribution is 5.81. The van der Waals surface area contributed by atoms with Gasteiger partial charge < -0.3 is 9.30 Å². The molecular formula is C25H26N2O. The predicted octanol–water partition coefficient (Wildman–Crippen LogP) is 6.18. The lowest BCUT2D eigenvalue weighted by atomic mass is 10.1. The van der Waals surface area contributed by atoms with Crippen molar-refractivity contribution in [2.75, 3.05) is 6.61 Å². The van der Waals surface area contributed by atoms with E-state index in [0.717, 1.165) is 43.1 Å². The maximum atomic E-state index is 5.95. The van der Waals surface area contributed by atoms with Crippen LogP contribution in [0.15, 0.2) is 72.8 Å². The van der Waals surface area contributed by atoms with Crippen LogP contribution in [-0.2, 0) is 6.54 Å². The van der Waals surface area contributed by atoms with E-state index in [4.69, 9.17) is 9.72 Å². The van der Waals surface area contributed by atoms with Gasteiger partial charge in [-0.25, -0.2) is 4.98 Å². The molecular weight excluding hydrogens is 344 g/mol. The fourth-order valence-electron chi connectivity index (χ4n) is 3.60. The van der Waals surface area contributed by atoms with Gasteiger partial charge in [0.15, 0.2) is 0 Å². The lowest BCUT2D eigenvalue weighted by Gasteiger charge is -2.12. The molecule has 142 valence electrons. The summed E-state index contributed by atoms with van der Waals surface area (Å²) in [4.78, 5) is 4.93. The van der Waals surface area contributed by atoms with Crippen molar-refractivity contribution in [2.24, 2.45) is 0 Å². The molecule has 1 aromatic heterocycles. The van der Waals surface area contributed by atoms with E-state index >= 15 is 0 Å². The minimum atomic E-state index is 0.733. The molecule has 4 rings (SSSR count). The van der Waals surface area contributed by atoms with Gasteiger partial charge in [0.1, 0.15) is 11.6 Å². The molecule has 0 N–H and O–H groups in total. The lowest BCUT2D eigenvalue weighted by Crippen LogP contribution is -2.05. The Morgan fingerprint density at radius 3 is 2.32 bits per heavy atom. The molecule has 3 aromatic carbocycles. The number of aromatic nitrogens is 2. The normalized spacial score (nSPS) is 11.1. The Bertz CT molecular complexity index is 1080. The number of fused-ring (bicyclic) bond motifs is 1. The van der Waals surface area contributed by atoms with E-state index in [1.54, 1.807) is 0 Å². The average Bonchev–Trinajstić information content (AvgIpc) is 3.08. The fourth-order valence-corrected chi connectivity index (χ4v) is 3.60. The molecule has 3 nitrogen and oxygen atoms in total. The zero-order chi connectivity index (χ0) is 19.3. The van der Waals surface area contributed by atoms with Crippen molar-refractivity contribution in [2.45, 2.75) is 33.2 Å². The van der Waals surface area contributed by atoms with Crippen LogP contribution in [0.5, 0.6) is 5.75 Å². The fraction of sp³-hybridized carbons (Fsp3) is 0.240. The van der Waals surface area contributed by atoms with Gasteiger partial charge in [-0.1, -0.05) is 54.6 Å². The molecule has 0 atom stereocenters. The van der Waals surface area contributed by atoms with Crippen LogP contribution < -0.4 is 4.74 Å². The molecule has 0 fully saturated rings. The maximum Gasteiger partial charge on any atom is 0.141 e. The highest BCUT2D eigenvalue weighted by atomic mass is 16.5. The molecule has 0 aliphatic carbocycles. The first-order valence-corrected chi connectivity index (χ1v) is 9.94. The second-order valence-corrected chi connectivity index (χ2v) is 7.21. The maximum absolute atomic E-state index is 5.95. The number of hydrogen-bond donors (Lipinski definition) is 0. The van der Waals surface area contributed by atoms with Gasteiger partial charge in [-0.2, -0.15) is 0 Å². The molecule has 0 radical (unpaired) electrons. The lowest BCUT2D eigenvalue weighted by molar-refractivity contribution is 0.302.